The molecule has 9 heteroatoms. The number of anilines is 2. The van der Waals surface area contributed by atoms with Gasteiger partial charge in [0.15, 0.2) is 5.82 Å². The molecular weight excluding hydrogens is 400 g/mol. The van der Waals surface area contributed by atoms with Crippen LogP contribution in [0.3, 0.4) is 0 Å². The average Bonchev–Trinajstić information content (AvgIpc) is 3.30. The van der Waals surface area contributed by atoms with E-state index in [4.69, 9.17) is 4.98 Å². The van der Waals surface area contributed by atoms with Crippen molar-refractivity contribution in [3.05, 3.63) is 77.6 Å². The first-order valence-electron chi connectivity index (χ1n) is 10.2. The van der Waals surface area contributed by atoms with Gasteiger partial charge in [-0.1, -0.05) is 18.6 Å². The van der Waals surface area contributed by atoms with Gasteiger partial charge in [-0.2, -0.15) is 10.1 Å². The number of aryl methyl sites for hydroxylation is 2. The maximum absolute atomic E-state index is 14.7. The molecule has 3 heterocycles. The smallest absolute Gasteiger partial charge is 0.246 e. The van der Waals surface area contributed by atoms with Gasteiger partial charge in [0.25, 0.3) is 0 Å². The van der Waals surface area contributed by atoms with E-state index in [1.807, 2.05) is 4.68 Å². The van der Waals surface area contributed by atoms with Crippen molar-refractivity contribution in [3.63, 3.8) is 0 Å². The molecule has 0 bridgehead atoms. The lowest BCUT2D eigenvalue weighted by atomic mass is 9.93. The van der Waals surface area contributed by atoms with E-state index < -0.39 is 5.82 Å². The van der Waals surface area contributed by atoms with Gasteiger partial charge in [0.2, 0.25) is 5.95 Å². The predicted octanol–water partition coefficient (Wildman–Crippen LogP) is 4.50. The number of rotatable bonds is 4. The normalized spacial score (nSPS) is 16.0. The first kappa shape index (κ1) is 19.3. The molecule has 0 radical (unpaired) electrons. The molecule has 1 atom stereocenters. The molecule has 4 aromatic rings. The maximum Gasteiger partial charge on any atom is 0.246 e. The molecule has 7 nitrogen and oxygen atoms in total. The highest BCUT2D eigenvalue weighted by Gasteiger charge is 2.24. The van der Waals surface area contributed by atoms with Gasteiger partial charge in [-0.3, -0.25) is 0 Å². The fourth-order valence-electron chi connectivity index (χ4n) is 4.00. The van der Waals surface area contributed by atoms with Gasteiger partial charge in [-0.25, -0.2) is 23.1 Å². The third-order valence-electron chi connectivity index (χ3n) is 5.55. The zero-order valence-corrected chi connectivity index (χ0v) is 17.0. The molecule has 31 heavy (non-hydrogen) atoms. The Morgan fingerprint density at radius 3 is 2.65 bits per heavy atom. The number of hydrogen-bond acceptors (Lipinski definition) is 5. The van der Waals surface area contributed by atoms with Crippen molar-refractivity contribution < 1.29 is 8.78 Å². The maximum atomic E-state index is 14.7. The molecule has 0 saturated heterocycles. The number of hydrogen-bond donors (Lipinski definition) is 1. The van der Waals surface area contributed by atoms with E-state index in [0.717, 1.165) is 37.2 Å². The molecule has 0 amide bonds. The molecule has 158 valence electrons. The van der Waals surface area contributed by atoms with Crippen LogP contribution in [0.25, 0.3) is 5.69 Å². The Morgan fingerprint density at radius 1 is 1.06 bits per heavy atom. The van der Waals surface area contributed by atoms with E-state index in [0.29, 0.717) is 23.1 Å². The van der Waals surface area contributed by atoms with Gasteiger partial charge >= 0.3 is 0 Å². The van der Waals surface area contributed by atoms with E-state index in [-0.39, 0.29) is 11.7 Å². The van der Waals surface area contributed by atoms with Gasteiger partial charge in [0.05, 0.1) is 0 Å². The van der Waals surface area contributed by atoms with Crippen molar-refractivity contribution in [2.75, 3.05) is 5.32 Å². The summed E-state index contributed by atoms with van der Waals surface area (Å²) in [6.07, 6.45) is 4.35. The van der Waals surface area contributed by atoms with Crippen LogP contribution in [0.15, 0.2) is 48.8 Å². The molecule has 0 saturated carbocycles. The summed E-state index contributed by atoms with van der Waals surface area (Å²) < 4.78 is 31.4. The molecular formula is C22H21F2N7. The lowest BCUT2D eigenvalue weighted by Gasteiger charge is -2.14. The number of aromatic nitrogens is 6. The SMILES string of the molecule is Cc1ncnn1-c1ccc(Nc2nc3n(n2)CCCC[C@@H]3c2ccc(F)cc2)cc1F. The zero-order chi connectivity index (χ0) is 21.4. The predicted molar refractivity (Wildman–Crippen MR) is 111 cm³/mol. The van der Waals surface area contributed by atoms with Crippen molar-refractivity contribution in [3.8, 4) is 5.69 Å². The minimum absolute atomic E-state index is 0.0422. The van der Waals surface area contributed by atoms with Gasteiger partial charge in [0, 0.05) is 18.2 Å². The van der Waals surface area contributed by atoms with Crippen LogP contribution >= 0.6 is 0 Å². The number of benzene rings is 2. The van der Waals surface area contributed by atoms with Crippen molar-refractivity contribution in [2.45, 2.75) is 38.6 Å². The Bertz CT molecular complexity index is 1210. The second-order valence-corrected chi connectivity index (χ2v) is 7.63. The number of halogens is 2. The molecule has 0 unspecified atom stereocenters. The molecule has 0 aliphatic carbocycles. The molecule has 1 N–H and O–H groups in total. The third kappa shape index (κ3) is 3.78. The van der Waals surface area contributed by atoms with Gasteiger partial charge in [-0.05, 0) is 55.7 Å². The third-order valence-corrected chi connectivity index (χ3v) is 5.55. The zero-order valence-electron chi connectivity index (χ0n) is 17.0. The monoisotopic (exact) mass is 421 g/mol. The second kappa shape index (κ2) is 7.90. The van der Waals surface area contributed by atoms with Crippen LogP contribution in [0.1, 0.15) is 42.4 Å². The Kier molecular flexibility index (Phi) is 4.93. The minimum atomic E-state index is -0.427. The molecule has 5 rings (SSSR count). The lowest BCUT2D eigenvalue weighted by Crippen LogP contribution is -2.08. The van der Waals surface area contributed by atoms with Crippen molar-refractivity contribution >= 4 is 11.6 Å². The van der Waals surface area contributed by atoms with Crippen LogP contribution < -0.4 is 5.32 Å². The standard InChI is InChI=1S/C22H21F2N7/c1-14-25-13-26-31(14)20-10-9-17(12-19(20)24)27-22-28-21-18(4-2-3-11-30(21)29-22)15-5-7-16(23)8-6-15/h5-10,12-13,18H,2-4,11H2,1H3,(H,27,29)/t18-/m1/s1. The molecule has 1 aliphatic rings. The van der Waals surface area contributed by atoms with Crippen molar-refractivity contribution in [1.29, 1.82) is 0 Å². The van der Waals surface area contributed by atoms with Crippen molar-refractivity contribution in [2.24, 2.45) is 0 Å². The molecule has 1 aliphatic heterocycles. The summed E-state index contributed by atoms with van der Waals surface area (Å²) in [7, 11) is 0. The fourth-order valence-corrected chi connectivity index (χ4v) is 4.00. The first-order chi connectivity index (χ1) is 15.1. The van der Waals surface area contributed by atoms with Crippen molar-refractivity contribution in [1.82, 2.24) is 29.5 Å². The van der Waals surface area contributed by atoms with Crippen LogP contribution in [-0.4, -0.2) is 29.5 Å². The molecule has 0 fully saturated rings. The lowest BCUT2D eigenvalue weighted by molar-refractivity contribution is 0.576. The van der Waals surface area contributed by atoms with E-state index in [1.165, 1.54) is 29.2 Å². The topological polar surface area (TPSA) is 73.5 Å². The quantitative estimate of drug-likeness (QED) is 0.525. The number of fused-ring (bicyclic) bond motifs is 1. The van der Waals surface area contributed by atoms with Gasteiger partial charge in [-0.15, -0.1) is 5.10 Å². The van der Waals surface area contributed by atoms with Gasteiger partial charge < -0.3 is 5.32 Å². The van der Waals surface area contributed by atoms with E-state index >= 15 is 0 Å². The Morgan fingerprint density at radius 2 is 1.90 bits per heavy atom. The second-order valence-electron chi connectivity index (χ2n) is 7.63. The number of nitrogens with zero attached hydrogens (tertiary/aromatic N) is 6. The van der Waals surface area contributed by atoms with Crippen LogP contribution in [0.2, 0.25) is 0 Å². The first-order valence-corrected chi connectivity index (χ1v) is 10.2. The van der Waals surface area contributed by atoms with Crippen LogP contribution in [0.5, 0.6) is 0 Å². The Labute approximate surface area is 177 Å². The van der Waals surface area contributed by atoms with Gasteiger partial charge in [0.1, 0.15) is 29.5 Å². The highest BCUT2D eigenvalue weighted by molar-refractivity contribution is 5.56. The Hall–Kier alpha value is -3.62. The summed E-state index contributed by atoms with van der Waals surface area (Å²) in [5.41, 5.74) is 1.88. The summed E-state index contributed by atoms with van der Waals surface area (Å²) in [5.74, 6) is 1.21. The van der Waals surface area contributed by atoms with E-state index in [9.17, 15) is 8.78 Å². The fraction of sp³-hybridized carbons (Fsp3) is 0.273. The Balaban J connectivity index is 1.42. The highest BCUT2D eigenvalue weighted by atomic mass is 19.1. The highest BCUT2D eigenvalue weighted by Crippen LogP contribution is 2.32. The van der Waals surface area contributed by atoms with E-state index in [1.54, 1.807) is 31.2 Å². The summed E-state index contributed by atoms with van der Waals surface area (Å²) in [6.45, 7) is 2.53. The average molecular weight is 421 g/mol. The van der Waals surface area contributed by atoms with E-state index in [2.05, 4.69) is 20.5 Å². The number of nitrogens with one attached hydrogen (secondary N) is 1. The molecule has 2 aromatic carbocycles. The van der Waals surface area contributed by atoms with Crippen LogP contribution in [-0.2, 0) is 6.54 Å². The summed E-state index contributed by atoms with van der Waals surface area (Å²) in [5, 5.41) is 11.7. The summed E-state index contributed by atoms with van der Waals surface area (Å²) >= 11 is 0. The summed E-state index contributed by atoms with van der Waals surface area (Å²) in [6, 6.07) is 11.3. The minimum Gasteiger partial charge on any atom is -0.323 e. The molecule has 2 aromatic heterocycles. The largest absolute Gasteiger partial charge is 0.323 e. The van der Waals surface area contributed by atoms with Crippen LogP contribution in [0, 0.1) is 18.6 Å². The van der Waals surface area contributed by atoms with Crippen LogP contribution in [0.4, 0.5) is 20.4 Å². The molecule has 0 spiro atoms. The summed E-state index contributed by atoms with van der Waals surface area (Å²) in [4.78, 5) is 8.73.